The average Bonchev–Trinajstić information content (AvgIpc) is 2.87. The highest BCUT2D eigenvalue weighted by Crippen LogP contribution is 2.55. The average molecular weight is 376 g/mol. The standard InChI is InChI=1S/C12H14F9NO2/c13-10(14,15)9(11(16,17)18,12(19,20)21)24-7-4-8(6-23)2-1-3-22(8)5-7/h7,23H,1-6H2/p+1/t7-,8+/m1/s1. The van der Waals surface area contributed by atoms with Crippen molar-refractivity contribution in [1.29, 1.82) is 0 Å². The minimum atomic E-state index is -6.72. The van der Waals surface area contributed by atoms with Gasteiger partial charge in [0.05, 0.1) is 13.2 Å². The zero-order chi connectivity index (χ0) is 18.6. The van der Waals surface area contributed by atoms with Crippen LogP contribution in [0.3, 0.4) is 0 Å². The molecule has 2 aliphatic rings. The van der Waals surface area contributed by atoms with Crippen LogP contribution in [0.1, 0.15) is 19.3 Å². The highest BCUT2D eigenvalue weighted by Gasteiger charge is 2.86. The molecule has 0 amide bonds. The molecule has 0 aromatic heterocycles. The maximum atomic E-state index is 12.9. The second kappa shape index (κ2) is 5.63. The van der Waals surface area contributed by atoms with E-state index in [1.165, 1.54) is 0 Å². The second-order valence-corrected chi connectivity index (χ2v) is 6.22. The van der Waals surface area contributed by atoms with Crippen molar-refractivity contribution in [2.45, 2.75) is 55.0 Å². The number of ether oxygens (including phenoxy) is 1. The third-order valence-corrected chi connectivity index (χ3v) is 4.82. The van der Waals surface area contributed by atoms with Crippen LogP contribution in [0.5, 0.6) is 0 Å². The first kappa shape index (κ1) is 19.6. The first-order chi connectivity index (χ1) is 10.7. The summed E-state index contributed by atoms with van der Waals surface area (Å²) >= 11 is 0. The molecule has 24 heavy (non-hydrogen) atoms. The van der Waals surface area contributed by atoms with Crippen molar-refractivity contribution in [3.8, 4) is 0 Å². The molecular formula is C12H15F9NO2+. The lowest BCUT2D eigenvalue weighted by atomic mass is 9.93. The van der Waals surface area contributed by atoms with Crippen molar-refractivity contribution in [1.82, 2.24) is 0 Å². The summed E-state index contributed by atoms with van der Waals surface area (Å²) in [4.78, 5) is 0.468. The van der Waals surface area contributed by atoms with Gasteiger partial charge < -0.3 is 14.7 Å². The van der Waals surface area contributed by atoms with Crippen LogP contribution in [-0.4, -0.2) is 60.6 Å². The molecule has 0 aromatic rings. The van der Waals surface area contributed by atoms with Gasteiger partial charge in [-0.15, -0.1) is 0 Å². The number of aliphatic hydroxyl groups is 1. The largest absolute Gasteiger partial charge is 0.435 e. The van der Waals surface area contributed by atoms with Crippen molar-refractivity contribution in [2.75, 3.05) is 19.7 Å². The van der Waals surface area contributed by atoms with Gasteiger partial charge in [-0.25, -0.2) is 0 Å². The Labute approximate surface area is 130 Å². The maximum Gasteiger partial charge on any atom is 0.435 e. The predicted molar refractivity (Wildman–Crippen MR) is 60.1 cm³/mol. The van der Waals surface area contributed by atoms with Gasteiger partial charge in [-0.1, -0.05) is 0 Å². The van der Waals surface area contributed by atoms with E-state index in [1.54, 1.807) is 0 Å². The quantitative estimate of drug-likeness (QED) is 0.734. The van der Waals surface area contributed by atoms with Gasteiger partial charge in [-0.3, -0.25) is 0 Å². The fourth-order valence-electron chi connectivity index (χ4n) is 3.70. The monoisotopic (exact) mass is 376 g/mol. The van der Waals surface area contributed by atoms with Gasteiger partial charge in [0.25, 0.3) is 0 Å². The lowest BCUT2D eigenvalue weighted by Gasteiger charge is -2.39. The Bertz CT molecular complexity index is 437. The van der Waals surface area contributed by atoms with E-state index in [-0.39, 0.29) is 0 Å². The van der Waals surface area contributed by atoms with Crippen LogP contribution in [0.2, 0.25) is 0 Å². The van der Waals surface area contributed by atoms with E-state index in [0.29, 0.717) is 24.3 Å². The highest BCUT2D eigenvalue weighted by atomic mass is 19.4. The molecule has 2 saturated heterocycles. The molecule has 2 N–H and O–H groups in total. The summed E-state index contributed by atoms with van der Waals surface area (Å²) in [5.41, 5.74) is -7.29. The molecule has 3 atom stereocenters. The molecule has 2 heterocycles. The van der Waals surface area contributed by atoms with Crippen molar-refractivity contribution in [3.05, 3.63) is 0 Å². The molecule has 142 valence electrons. The summed E-state index contributed by atoms with van der Waals surface area (Å²) in [5, 5.41) is 9.38. The second-order valence-electron chi connectivity index (χ2n) is 6.22. The first-order valence-electron chi connectivity index (χ1n) is 7.04. The van der Waals surface area contributed by atoms with E-state index in [4.69, 9.17) is 0 Å². The Morgan fingerprint density at radius 3 is 1.83 bits per heavy atom. The van der Waals surface area contributed by atoms with Gasteiger partial charge in [0.15, 0.2) is 0 Å². The van der Waals surface area contributed by atoms with Gasteiger partial charge in [-0.2, -0.15) is 39.5 Å². The van der Waals surface area contributed by atoms with E-state index in [1.807, 2.05) is 0 Å². The van der Waals surface area contributed by atoms with Gasteiger partial charge in [0, 0.05) is 19.3 Å². The molecule has 2 aliphatic heterocycles. The van der Waals surface area contributed by atoms with E-state index >= 15 is 0 Å². The molecular weight excluding hydrogens is 361 g/mol. The van der Waals surface area contributed by atoms with Crippen molar-refractivity contribution in [3.63, 3.8) is 0 Å². The normalized spacial score (nSPS) is 32.2. The zero-order valence-corrected chi connectivity index (χ0v) is 12.1. The van der Waals surface area contributed by atoms with Crippen molar-refractivity contribution in [2.24, 2.45) is 0 Å². The number of nitrogens with one attached hydrogen (secondary N) is 1. The van der Waals surface area contributed by atoms with Crippen LogP contribution in [0, 0.1) is 0 Å². The minimum absolute atomic E-state index is 0.301. The molecule has 12 heteroatoms. The SMILES string of the molecule is OC[C@@]12CCC[NH+]1C[C@H](OC(C(F)(F)F)(C(F)(F)F)C(F)(F)F)C2. The van der Waals surface area contributed by atoms with E-state index in [2.05, 4.69) is 4.74 Å². The summed E-state index contributed by atoms with van der Waals surface area (Å²) < 4.78 is 120. The molecule has 0 aromatic carbocycles. The number of alkyl halides is 9. The number of hydrogen-bond donors (Lipinski definition) is 2. The number of fused-ring (bicyclic) bond motifs is 1. The van der Waals surface area contributed by atoms with Crippen LogP contribution in [-0.2, 0) is 4.74 Å². The van der Waals surface area contributed by atoms with Gasteiger partial charge in [0.1, 0.15) is 18.2 Å². The van der Waals surface area contributed by atoms with Crippen LogP contribution in [0.15, 0.2) is 0 Å². The fourth-order valence-corrected chi connectivity index (χ4v) is 3.70. The molecule has 0 radical (unpaired) electrons. The topological polar surface area (TPSA) is 33.9 Å². The molecule has 0 spiro atoms. The van der Waals surface area contributed by atoms with Crippen molar-refractivity contribution >= 4 is 0 Å². The Balaban J connectivity index is 2.38. The summed E-state index contributed by atoms with van der Waals surface area (Å²) in [6.45, 7) is -0.652. The van der Waals surface area contributed by atoms with Crippen LogP contribution in [0.25, 0.3) is 0 Å². The number of halogens is 9. The Kier molecular flexibility index (Phi) is 4.59. The van der Waals surface area contributed by atoms with Gasteiger partial charge in [0.2, 0.25) is 0 Å². The predicted octanol–water partition coefficient (Wildman–Crippen LogP) is 1.61. The number of rotatable bonds is 3. The third kappa shape index (κ3) is 2.75. The van der Waals surface area contributed by atoms with E-state index in [9.17, 15) is 44.6 Å². The molecule has 2 fully saturated rings. The van der Waals surface area contributed by atoms with E-state index < -0.39 is 55.3 Å². The molecule has 1 unspecified atom stereocenters. The summed E-state index contributed by atoms with van der Waals surface area (Å²) in [5.74, 6) is 0. The Hall–Kier alpha value is -0.750. The molecule has 0 saturated carbocycles. The van der Waals surface area contributed by atoms with E-state index in [0.717, 1.165) is 0 Å². The minimum Gasteiger partial charge on any atom is -0.390 e. The number of hydrogen-bond acceptors (Lipinski definition) is 2. The maximum absolute atomic E-state index is 12.9. The molecule has 0 aliphatic carbocycles. The highest BCUT2D eigenvalue weighted by molar-refractivity contribution is 5.04. The summed E-state index contributed by atoms with van der Waals surface area (Å²) in [7, 11) is 0. The number of aliphatic hydroxyl groups excluding tert-OH is 1. The lowest BCUT2D eigenvalue weighted by molar-refractivity contribution is -0.927. The van der Waals surface area contributed by atoms with Crippen LogP contribution < -0.4 is 4.90 Å². The third-order valence-electron chi connectivity index (χ3n) is 4.82. The Morgan fingerprint density at radius 1 is 0.958 bits per heavy atom. The first-order valence-corrected chi connectivity index (χ1v) is 7.04. The lowest BCUT2D eigenvalue weighted by Crippen LogP contribution is -3.16. The Morgan fingerprint density at radius 2 is 1.46 bits per heavy atom. The number of quaternary nitrogens is 1. The van der Waals surface area contributed by atoms with Gasteiger partial charge >= 0.3 is 24.1 Å². The molecule has 0 bridgehead atoms. The smallest absolute Gasteiger partial charge is 0.390 e. The van der Waals surface area contributed by atoms with Crippen LogP contribution >= 0.6 is 0 Å². The van der Waals surface area contributed by atoms with Crippen molar-refractivity contribution < 1.29 is 54.3 Å². The molecule has 3 nitrogen and oxygen atoms in total. The fraction of sp³-hybridized carbons (Fsp3) is 1.00. The van der Waals surface area contributed by atoms with Gasteiger partial charge in [-0.05, 0) is 0 Å². The van der Waals surface area contributed by atoms with Crippen LogP contribution in [0.4, 0.5) is 39.5 Å². The summed E-state index contributed by atoms with van der Waals surface area (Å²) in [6.07, 6.45) is -21.7. The molecule has 2 rings (SSSR count). The zero-order valence-electron chi connectivity index (χ0n) is 12.1. The summed E-state index contributed by atoms with van der Waals surface area (Å²) in [6, 6.07) is 0.